The van der Waals surface area contributed by atoms with Crippen LogP contribution in [-0.2, 0) is 6.54 Å². The van der Waals surface area contributed by atoms with E-state index in [-0.39, 0.29) is 30.1 Å². The maximum absolute atomic E-state index is 14.4. The fourth-order valence-corrected chi connectivity index (χ4v) is 8.04. The Labute approximate surface area is 248 Å². The molecule has 2 N–H and O–H groups in total. The quantitative estimate of drug-likeness (QED) is 0.433. The largest absolute Gasteiger partial charge is 0.461 e. The zero-order chi connectivity index (χ0) is 28.6. The number of carbonyl (C=O) groups is 1. The first kappa shape index (κ1) is 26.6. The molecule has 0 spiro atoms. The fraction of sp³-hybridized carbons (Fsp3) is 0.600. The zero-order valence-electron chi connectivity index (χ0n) is 23.5. The number of hydrogen-bond acceptors (Lipinski definition) is 8. The molecule has 1 amide bonds. The predicted molar refractivity (Wildman–Crippen MR) is 156 cm³/mol. The second-order valence-electron chi connectivity index (χ2n) is 12.7. The number of hydrogen-bond donors (Lipinski definition) is 2. The highest BCUT2D eigenvalue weighted by atomic mass is 35.5. The van der Waals surface area contributed by atoms with Crippen molar-refractivity contribution in [2.75, 3.05) is 42.6 Å². The maximum atomic E-state index is 14.4. The third-order valence-electron chi connectivity index (χ3n) is 9.90. The monoisotopic (exact) mass is 595 g/mol. The first-order chi connectivity index (χ1) is 20.4. The summed E-state index contributed by atoms with van der Waals surface area (Å²) in [6, 6.07) is 2.11. The van der Waals surface area contributed by atoms with Crippen molar-refractivity contribution in [2.45, 2.75) is 81.6 Å². The molecule has 4 aliphatic heterocycles. The van der Waals surface area contributed by atoms with Crippen LogP contribution < -0.4 is 14.5 Å². The number of ether oxygens (including phenoxy) is 1. The van der Waals surface area contributed by atoms with E-state index in [9.17, 15) is 14.3 Å². The number of halogens is 2. The number of rotatable bonds is 6. The molecule has 8 rings (SSSR count). The SMILES string of the molecule is O=C1c2c(nc(OC[C@@]34CCCN3C[C@H](F)C4)nc2N2CCC[C@H](O)CC2)CN1c1c(C2CC2)c(Cl)cc2[nH]ncc12. The summed E-state index contributed by atoms with van der Waals surface area (Å²) < 4.78 is 20.7. The third kappa shape index (κ3) is 4.34. The van der Waals surface area contributed by atoms with Crippen LogP contribution in [0.15, 0.2) is 12.3 Å². The summed E-state index contributed by atoms with van der Waals surface area (Å²) in [4.78, 5) is 30.1. The van der Waals surface area contributed by atoms with Gasteiger partial charge < -0.3 is 19.6 Å². The molecule has 3 atom stereocenters. The van der Waals surface area contributed by atoms with Crippen LogP contribution in [0.2, 0.25) is 5.02 Å². The van der Waals surface area contributed by atoms with Crippen molar-refractivity contribution in [1.29, 1.82) is 0 Å². The van der Waals surface area contributed by atoms with Gasteiger partial charge in [0.25, 0.3) is 5.91 Å². The number of benzene rings is 1. The Morgan fingerprint density at radius 3 is 2.90 bits per heavy atom. The van der Waals surface area contributed by atoms with Crippen molar-refractivity contribution in [1.82, 2.24) is 25.1 Å². The van der Waals surface area contributed by atoms with Gasteiger partial charge in [-0.3, -0.25) is 14.8 Å². The van der Waals surface area contributed by atoms with Crippen LogP contribution in [0.4, 0.5) is 15.9 Å². The molecule has 3 aromatic rings. The molecule has 2 aromatic heterocycles. The van der Waals surface area contributed by atoms with Gasteiger partial charge in [-0.2, -0.15) is 15.1 Å². The molecule has 4 fully saturated rings. The molecule has 1 aliphatic carbocycles. The highest BCUT2D eigenvalue weighted by molar-refractivity contribution is 6.33. The molecule has 1 saturated carbocycles. The van der Waals surface area contributed by atoms with Crippen molar-refractivity contribution in [3.05, 3.63) is 34.1 Å². The molecule has 222 valence electrons. The van der Waals surface area contributed by atoms with Gasteiger partial charge in [0.2, 0.25) is 0 Å². The second-order valence-corrected chi connectivity index (χ2v) is 13.1. The lowest BCUT2D eigenvalue weighted by molar-refractivity contribution is 0.0996. The number of H-pyrrole nitrogens is 1. The lowest BCUT2D eigenvalue weighted by Crippen LogP contribution is -2.43. The third-order valence-corrected chi connectivity index (χ3v) is 10.2. The van der Waals surface area contributed by atoms with Gasteiger partial charge in [0, 0.05) is 36.5 Å². The second kappa shape index (κ2) is 10.0. The van der Waals surface area contributed by atoms with Crippen LogP contribution in [0.3, 0.4) is 0 Å². The highest BCUT2D eigenvalue weighted by Crippen LogP contribution is 2.51. The first-order valence-corrected chi connectivity index (χ1v) is 15.6. The van der Waals surface area contributed by atoms with Gasteiger partial charge in [0.15, 0.2) is 0 Å². The van der Waals surface area contributed by atoms with Gasteiger partial charge in [-0.1, -0.05) is 11.6 Å². The summed E-state index contributed by atoms with van der Waals surface area (Å²) >= 11 is 6.81. The van der Waals surface area contributed by atoms with Gasteiger partial charge in [-0.15, -0.1) is 0 Å². The molecule has 0 radical (unpaired) electrons. The van der Waals surface area contributed by atoms with E-state index in [1.165, 1.54) is 0 Å². The van der Waals surface area contributed by atoms with Crippen LogP contribution in [0, 0.1) is 0 Å². The number of aromatic nitrogens is 4. The summed E-state index contributed by atoms with van der Waals surface area (Å²) in [5.41, 5.74) is 3.31. The highest BCUT2D eigenvalue weighted by Gasteiger charge is 2.49. The standard InChI is InChI=1S/C30H35ClFN7O3/c31-21-11-22-20(13-33-36-22)26(24(21)17-4-5-17)39-15-23-25(28(39)41)27(37-8-1-3-19(40)6-10-37)35-29(34-23)42-16-30-7-2-9-38(30)14-18(32)12-30/h11,13,17-19,40H,1-10,12,14-16H2,(H,33,36)/t18-,19+,30+/m1/s1. The number of fused-ring (bicyclic) bond motifs is 3. The van der Waals surface area contributed by atoms with Crippen LogP contribution in [0.1, 0.15) is 78.9 Å². The molecular formula is C30H35ClFN7O3. The van der Waals surface area contributed by atoms with Crippen LogP contribution in [0.25, 0.3) is 10.9 Å². The average Bonchev–Trinajstić information content (AvgIpc) is 3.36. The van der Waals surface area contributed by atoms with Crippen LogP contribution >= 0.6 is 11.6 Å². The fourth-order valence-electron chi connectivity index (χ4n) is 7.68. The van der Waals surface area contributed by atoms with Crippen molar-refractivity contribution >= 4 is 39.9 Å². The number of nitrogens with one attached hydrogen (secondary N) is 1. The number of amides is 1. The van der Waals surface area contributed by atoms with E-state index in [0.717, 1.165) is 60.8 Å². The zero-order valence-corrected chi connectivity index (χ0v) is 24.2. The molecule has 1 aromatic carbocycles. The summed E-state index contributed by atoms with van der Waals surface area (Å²) in [7, 11) is 0. The lowest BCUT2D eigenvalue weighted by Gasteiger charge is -2.31. The predicted octanol–water partition coefficient (Wildman–Crippen LogP) is 4.35. The number of alkyl halides is 1. The Hall–Kier alpha value is -3.02. The Morgan fingerprint density at radius 2 is 2.05 bits per heavy atom. The molecule has 10 nitrogen and oxygen atoms in total. The van der Waals surface area contributed by atoms with Crippen LogP contribution in [0.5, 0.6) is 6.01 Å². The Balaban J connectivity index is 1.19. The number of aliphatic hydroxyl groups excluding tert-OH is 1. The lowest BCUT2D eigenvalue weighted by atomic mass is 9.95. The minimum Gasteiger partial charge on any atom is -0.461 e. The van der Waals surface area contributed by atoms with Gasteiger partial charge in [-0.05, 0) is 69.0 Å². The number of nitrogens with zero attached hydrogens (tertiary/aromatic N) is 6. The van der Waals surface area contributed by atoms with E-state index in [1.54, 1.807) is 11.1 Å². The van der Waals surface area contributed by atoms with E-state index in [2.05, 4.69) is 20.0 Å². The summed E-state index contributed by atoms with van der Waals surface area (Å²) in [6.07, 6.45) is 7.06. The molecule has 6 heterocycles. The van der Waals surface area contributed by atoms with Crippen LogP contribution in [-0.4, -0.2) is 86.7 Å². The molecule has 0 unspecified atom stereocenters. The van der Waals surface area contributed by atoms with E-state index in [1.807, 2.05) is 6.07 Å². The molecular weight excluding hydrogens is 561 g/mol. The number of carbonyl (C=O) groups excluding carboxylic acids is 1. The van der Waals surface area contributed by atoms with Crippen molar-refractivity contribution in [3.8, 4) is 6.01 Å². The van der Waals surface area contributed by atoms with Crippen molar-refractivity contribution < 1.29 is 19.0 Å². The number of aliphatic hydroxyl groups is 1. The Morgan fingerprint density at radius 1 is 1.17 bits per heavy atom. The van der Waals surface area contributed by atoms with Crippen molar-refractivity contribution in [2.24, 2.45) is 0 Å². The number of anilines is 2. The van der Waals surface area contributed by atoms with Gasteiger partial charge in [-0.25, -0.2) is 4.39 Å². The Kier molecular flexibility index (Phi) is 6.35. The first-order valence-electron chi connectivity index (χ1n) is 15.2. The summed E-state index contributed by atoms with van der Waals surface area (Å²) in [6.45, 7) is 3.16. The molecule has 42 heavy (non-hydrogen) atoms. The summed E-state index contributed by atoms with van der Waals surface area (Å²) in [5.74, 6) is 0.685. The minimum atomic E-state index is -0.849. The normalized spacial score (nSPS) is 28.0. The smallest absolute Gasteiger partial charge is 0.318 e. The molecule has 12 heteroatoms. The van der Waals surface area contributed by atoms with E-state index in [0.29, 0.717) is 73.5 Å². The molecule has 3 saturated heterocycles. The van der Waals surface area contributed by atoms with Gasteiger partial charge in [0.05, 0.1) is 41.3 Å². The van der Waals surface area contributed by atoms with Gasteiger partial charge in [0.1, 0.15) is 24.2 Å². The topological polar surface area (TPSA) is 111 Å². The average molecular weight is 596 g/mol. The molecule has 5 aliphatic rings. The van der Waals surface area contributed by atoms with E-state index >= 15 is 0 Å². The van der Waals surface area contributed by atoms with E-state index < -0.39 is 6.17 Å². The van der Waals surface area contributed by atoms with Gasteiger partial charge >= 0.3 is 6.01 Å². The molecule has 0 bridgehead atoms. The Bertz CT molecular complexity index is 1560. The number of aromatic amines is 1. The van der Waals surface area contributed by atoms with E-state index in [4.69, 9.17) is 26.3 Å². The minimum absolute atomic E-state index is 0.167. The maximum Gasteiger partial charge on any atom is 0.318 e. The summed E-state index contributed by atoms with van der Waals surface area (Å²) in [5, 5.41) is 19.1. The van der Waals surface area contributed by atoms with Crippen molar-refractivity contribution in [3.63, 3.8) is 0 Å².